The zero-order valence-corrected chi connectivity index (χ0v) is 15.8. The molecule has 0 aromatic heterocycles. The lowest BCUT2D eigenvalue weighted by Crippen LogP contribution is -2.31. The highest BCUT2D eigenvalue weighted by Crippen LogP contribution is 2.30. The van der Waals surface area contributed by atoms with Crippen molar-refractivity contribution in [1.29, 1.82) is 0 Å². The maximum absolute atomic E-state index is 13.0. The molecule has 27 heavy (non-hydrogen) atoms. The first-order chi connectivity index (χ1) is 12.9. The zero-order chi connectivity index (χ0) is 19.4. The molecule has 0 atom stereocenters. The van der Waals surface area contributed by atoms with Crippen molar-refractivity contribution in [1.82, 2.24) is 0 Å². The third-order valence-corrected chi connectivity index (χ3v) is 6.11. The Morgan fingerprint density at radius 1 is 0.926 bits per heavy atom. The van der Waals surface area contributed by atoms with Gasteiger partial charge in [-0.2, -0.15) is 8.78 Å². The first-order valence-electron chi connectivity index (χ1n) is 8.68. The number of ether oxygens (including phenoxy) is 1. The number of halogens is 2. The summed E-state index contributed by atoms with van der Waals surface area (Å²) in [6.45, 7) is 2.60. The molecular weight excluding hydrogens is 374 g/mol. The molecule has 0 radical (unpaired) electrons. The second-order valence-corrected chi connectivity index (χ2v) is 8.19. The summed E-state index contributed by atoms with van der Waals surface area (Å²) in [6, 6.07) is 13.7. The van der Waals surface area contributed by atoms with Crippen LogP contribution in [0.4, 0.5) is 20.2 Å². The number of hydrogen-bond donors (Lipinski definition) is 0. The van der Waals surface area contributed by atoms with Crippen molar-refractivity contribution in [3.63, 3.8) is 0 Å². The van der Waals surface area contributed by atoms with E-state index in [4.69, 9.17) is 4.74 Å². The quantitative estimate of drug-likeness (QED) is 0.775. The third kappa shape index (κ3) is 4.16. The van der Waals surface area contributed by atoms with Crippen LogP contribution in [0, 0.1) is 0 Å². The van der Waals surface area contributed by atoms with Gasteiger partial charge in [0.15, 0.2) is 0 Å². The monoisotopic (exact) mass is 396 g/mol. The summed E-state index contributed by atoms with van der Waals surface area (Å²) in [5.74, 6) is -2.65. The van der Waals surface area contributed by atoms with E-state index in [2.05, 4.69) is 4.90 Å². The minimum atomic E-state index is -4.64. The summed E-state index contributed by atoms with van der Waals surface area (Å²) >= 11 is 0. The Balaban J connectivity index is 1.81. The van der Waals surface area contributed by atoms with E-state index in [1.807, 2.05) is 29.2 Å². The zero-order valence-electron chi connectivity index (χ0n) is 15.0. The van der Waals surface area contributed by atoms with Crippen LogP contribution in [0.3, 0.4) is 0 Å². The van der Waals surface area contributed by atoms with Crippen LogP contribution >= 0.6 is 0 Å². The van der Waals surface area contributed by atoms with Gasteiger partial charge in [0, 0.05) is 31.9 Å². The highest BCUT2D eigenvalue weighted by Gasteiger charge is 2.31. The lowest BCUT2D eigenvalue weighted by atomic mass is 10.2. The summed E-state index contributed by atoms with van der Waals surface area (Å²) in [6.07, 6.45) is 0.787. The summed E-state index contributed by atoms with van der Waals surface area (Å²) < 4.78 is 55.3. The van der Waals surface area contributed by atoms with Crippen LogP contribution in [0.15, 0.2) is 53.4 Å². The van der Waals surface area contributed by atoms with E-state index in [-0.39, 0.29) is 4.90 Å². The maximum atomic E-state index is 13.0. The van der Waals surface area contributed by atoms with Crippen molar-refractivity contribution in [3.05, 3.63) is 48.5 Å². The maximum Gasteiger partial charge on any atom is 0.341 e. The van der Waals surface area contributed by atoms with Gasteiger partial charge in [0.1, 0.15) is 5.75 Å². The molecule has 0 bridgehead atoms. The fourth-order valence-electron chi connectivity index (χ4n) is 3.26. The predicted molar refractivity (Wildman–Crippen MR) is 102 cm³/mol. The number of nitrogens with zero attached hydrogens (tertiary/aromatic N) is 2. The van der Waals surface area contributed by atoms with Gasteiger partial charge < -0.3 is 14.5 Å². The molecule has 1 heterocycles. The molecule has 3 rings (SSSR count). The molecular formula is C19H22F2N2O3S. The van der Waals surface area contributed by atoms with Crippen molar-refractivity contribution in [2.75, 3.05) is 43.1 Å². The molecule has 146 valence electrons. The number of alkyl halides is 2. The molecule has 1 fully saturated rings. The largest absolute Gasteiger partial charge is 0.497 e. The second-order valence-electron chi connectivity index (χ2n) is 6.30. The molecule has 1 aliphatic heterocycles. The van der Waals surface area contributed by atoms with Crippen LogP contribution in [0.25, 0.3) is 0 Å². The Morgan fingerprint density at radius 3 is 2.22 bits per heavy atom. The van der Waals surface area contributed by atoms with Gasteiger partial charge in [-0.25, -0.2) is 8.42 Å². The molecule has 8 heteroatoms. The highest BCUT2D eigenvalue weighted by atomic mass is 32.2. The smallest absolute Gasteiger partial charge is 0.341 e. The van der Waals surface area contributed by atoms with Crippen molar-refractivity contribution in [2.24, 2.45) is 0 Å². The molecule has 5 nitrogen and oxygen atoms in total. The minimum Gasteiger partial charge on any atom is -0.497 e. The van der Waals surface area contributed by atoms with Crippen LogP contribution in [-0.4, -0.2) is 47.5 Å². The number of methoxy groups -OCH3 is 1. The van der Waals surface area contributed by atoms with E-state index in [1.165, 1.54) is 12.1 Å². The molecule has 0 spiro atoms. The summed E-state index contributed by atoms with van der Waals surface area (Å²) in [7, 11) is -3.03. The van der Waals surface area contributed by atoms with E-state index in [0.717, 1.165) is 24.4 Å². The van der Waals surface area contributed by atoms with Gasteiger partial charge in [0.2, 0.25) is 9.84 Å². The van der Waals surface area contributed by atoms with Gasteiger partial charge in [0.25, 0.3) is 0 Å². The Kier molecular flexibility index (Phi) is 5.84. The van der Waals surface area contributed by atoms with Gasteiger partial charge in [-0.15, -0.1) is 0 Å². The average molecular weight is 396 g/mol. The van der Waals surface area contributed by atoms with Gasteiger partial charge in [-0.3, -0.25) is 0 Å². The van der Waals surface area contributed by atoms with Gasteiger partial charge >= 0.3 is 5.76 Å². The number of hydrogen-bond acceptors (Lipinski definition) is 5. The van der Waals surface area contributed by atoms with E-state index in [1.54, 1.807) is 19.2 Å². The van der Waals surface area contributed by atoms with Crippen LogP contribution in [0.5, 0.6) is 5.75 Å². The van der Waals surface area contributed by atoms with Gasteiger partial charge in [-0.05, 0) is 42.8 Å². The van der Waals surface area contributed by atoms with Crippen molar-refractivity contribution >= 4 is 21.2 Å². The van der Waals surface area contributed by atoms with Crippen LogP contribution in [0.2, 0.25) is 0 Å². The van der Waals surface area contributed by atoms with E-state index in [9.17, 15) is 17.2 Å². The van der Waals surface area contributed by atoms with Crippen molar-refractivity contribution < 1.29 is 21.9 Å². The first-order valence-corrected chi connectivity index (χ1v) is 10.2. The Labute approximate surface area is 158 Å². The minimum absolute atomic E-state index is 0.308. The van der Waals surface area contributed by atoms with E-state index in [0.29, 0.717) is 25.3 Å². The number of sulfone groups is 1. The molecule has 2 aromatic carbocycles. The number of anilines is 2. The molecule has 0 amide bonds. The van der Waals surface area contributed by atoms with Gasteiger partial charge in [0.05, 0.1) is 17.7 Å². The first kappa shape index (κ1) is 19.4. The normalized spacial score (nSPS) is 15.7. The third-order valence-electron chi connectivity index (χ3n) is 4.68. The predicted octanol–water partition coefficient (Wildman–Crippen LogP) is 3.41. The summed E-state index contributed by atoms with van der Waals surface area (Å²) in [5, 5.41) is 0. The van der Waals surface area contributed by atoms with Crippen molar-refractivity contribution in [3.8, 4) is 5.75 Å². The van der Waals surface area contributed by atoms with Crippen LogP contribution in [-0.2, 0) is 9.84 Å². The lowest BCUT2D eigenvalue weighted by molar-refractivity contribution is 0.235. The Hall–Kier alpha value is -2.35. The van der Waals surface area contributed by atoms with Gasteiger partial charge in [-0.1, -0.05) is 12.1 Å². The molecule has 0 unspecified atom stereocenters. The van der Waals surface area contributed by atoms with Crippen LogP contribution < -0.4 is 14.5 Å². The topological polar surface area (TPSA) is 49.9 Å². The molecule has 1 saturated heterocycles. The molecule has 1 aliphatic rings. The average Bonchev–Trinajstić information content (AvgIpc) is 2.94. The standard InChI is InChI=1S/C19H22F2N2O3S/c1-26-16-9-7-15(8-10-16)22-11-4-12-23(14-13-22)17-5-2-3-6-18(17)27(24,25)19(20)21/h2-3,5-10,19H,4,11-14H2,1H3. The molecule has 0 N–H and O–H groups in total. The number of para-hydroxylation sites is 1. The fraction of sp³-hybridized carbons (Fsp3) is 0.368. The lowest BCUT2D eigenvalue weighted by Gasteiger charge is -2.26. The molecule has 0 saturated carbocycles. The number of benzene rings is 2. The van der Waals surface area contributed by atoms with E-state index < -0.39 is 15.6 Å². The molecule has 0 aliphatic carbocycles. The Bertz CT molecular complexity index is 873. The SMILES string of the molecule is COc1ccc(N2CCCN(c3ccccc3S(=O)(=O)C(F)F)CC2)cc1. The second kappa shape index (κ2) is 8.12. The summed E-state index contributed by atoms with van der Waals surface area (Å²) in [4.78, 5) is 3.76. The van der Waals surface area contributed by atoms with E-state index >= 15 is 0 Å². The van der Waals surface area contributed by atoms with Crippen molar-refractivity contribution in [2.45, 2.75) is 17.1 Å². The number of rotatable bonds is 5. The Morgan fingerprint density at radius 2 is 1.56 bits per heavy atom. The fourth-order valence-corrected chi connectivity index (χ4v) is 4.21. The summed E-state index contributed by atoms with van der Waals surface area (Å²) in [5.41, 5.74) is 1.39. The van der Waals surface area contributed by atoms with Crippen LogP contribution in [0.1, 0.15) is 6.42 Å². The highest BCUT2D eigenvalue weighted by molar-refractivity contribution is 7.91. The molecule has 2 aromatic rings.